The molecule has 0 spiro atoms. The van der Waals surface area contributed by atoms with E-state index in [-0.39, 0.29) is 11.8 Å². The topological polar surface area (TPSA) is 49.9 Å². The van der Waals surface area contributed by atoms with E-state index in [1.54, 1.807) is 7.11 Å². The van der Waals surface area contributed by atoms with Gasteiger partial charge in [-0.1, -0.05) is 48.5 Å². The molecule has 2 amide bonds. The van der Waals surface area contributed by atoms with E-state index in [2.05, 4.69) is 29.2 Å². The number of imide groups is 1. The van der Waals surface area contributed by atoms with Gasteiger partial charge < -0.3 is 9.64 Å². The monoisotopic (exact) mass is 404 g/mol. The van der Waals surface area contributed by atoms with Gasteiger partial charge in [-0.3, -0.25) is 14.5 Å². The van der Waals surface area contributed by atoms with Crippen molar-refractivity contribution in [1.29, 1.82) is 0 Å². The Balaban J connectivity index is 1.61. The van der Waals surface area contributed by atoms with Gasteiger partial charge in [-0.05, 0) is 43.7 Å². The maximum atomic E-state index is 13.2. The van der Waals surface area contributed by atoms with Crippen molar-refractivity contribution in [2.75, 3.05) is 26.7 Å². The van der Waals surface area contributed by atoms with E-state index in [1.165, 1.54) is 10.5 Å². The number of amides is 2. The van der Waals surface area contributed by atoms with E-state index in [4.69, 9.17) is 4.74 Å². The van der Waals surface area contributed by atoms with E-state index in [9.17, 15) is 9.59 Å². The molecular formula is C25H28N2O3. The highest BCUT2D eigenvalue weighted by atomic mass is 16.5. The summed E-state index contributed by atoms with van der Waals surface area (Å²) in [6.07, 6.45) is 3.07. The highest BCUT2D eigenvalue weighted by molar-refractivity contribution is 6.36. The molecule has 0 bridgehead atoms. The molecule has 0 radical (unpaired) electrons. The molecule has 0 unspecified atom stereocenters. The van der Waals surface area contributed by atoms with Crippen molar-refractivity contribution in [3.05, 3.63) is 71.4 Å². The molecular weight excluding hydrogens is 376 g/mol. The van der Waals surface area contributed by atoms with Crippen LogP contribution in [0.5, 0.6) is 5.75 Å². The number of hydrogen-bond acceptors (Lipinski definition) is 4. The summed E-state index contributed by atoms with van der Waals surface area (Å²) in [4.78, 5) is 29.8. The number of likely N-dealkylation sites (tertiary alicyclic amines) is 1. The van der Waals surface area contributed by atoms with Crippen molar-refractivity contribution in [2.24, 2.45) is 5.92 Å². The van der Waals surface area contributed by atoms with Crippen LogP contribution in [0.1, 0.15) is 30.9 Å². The lowest BCUT2D eigenvalue weighted by molar-refractivity contribution is -0.137. The van der Waals surface area contributed by atoms with E-state index in [1.807, 2.05) is 37.3 Å². The van der Waals surface area contributed by atoms with Gasteiger partial charge in [-0.2, -0.15) is 0 Å². The largest absolute Gasteiger partial charge is 0.496 e. The predicted octanol–water partition coefficient (Wildman–Crippen LogP) is 3.75. The van der Waals surface area contributed by atoms with Crippen LogP contribution in [-0.2, 0) is 16.0 Å². The molecule has 4 rings (SSSR count). The molecule has 2 aliphatic heterocycles. The summed E-state index contributed by atoms with van der Waals surface area (Å²) in [6.45, 7) is 3.76. The number of likely N-dealkylation sites (N-methyl/N-ethyl adjacent to an activating group) is 1. The zero-order valence-corrected chi connectivity index (χ0v) is 17.6. The molecule has 5 heteroatoms. The molecule has 0 aliphatic carbocycles. The van der Waals surface area contributed by atoms with Gasteiger partial charge >= 0.3 is 0 Å². The van der Waals surface area contributed by atoms with Crippen molar-refractivity contribution in [3.63, 3.8) is 0 Å². The molecule has 0 atom stereocenters. The van der Waals surface area contributed by atoms with Gasteiger partial charge in [0.05, 0.1) is 12.7 Å². The number of rotatable bonds is 6. The Labute approximate surface area is 177 Å². The Bertz CT molecular complexity index is 959. The fourth-order valence-corrected chi connectivity index (χ4v) is 4.55. The summed E-state index contributed by atoms with van der Waals surface area (Å²) in [5, 5.41) is 0. The van der Waals surface area contributed by atoms with Gasteiger partial charge in [0.15, 0.2) is 0 Å². The number of hydrogen-bond donors (Lipinski definition) is 0. The molecule has 0 N–H and O–H groups in total. The minimum absolute atomic E-state index is 0.190. The maximum Gasteiger partial charge on any atom is 0.277 e. The minimum atomic E-state index is -0.228. The first-order valence-electron chi connectivity index (χ1n) is 10.7. The molecule has 2 aliphatic rings. The van der Waals surface area contributed by atoms with Crippen molar-refractivity contribution >= 4 is 17.4 Å². The summed E-state index contributed by atoms with van der Waals surface area (Å²) >= 11 is 0. The number of piperidine rings is 1. The van der Waals surface area contributed by atoms with Crippen molar-refractivity contribution < 1.29 is 14.3 Å². The third-order valence-electron chi connectivity index (χ3n) is 6.13. The number of benzene rings is 2. The molecule has 156 valence electrons. The van der Waals surface area contributed by atoms with Crippen LogP contribution in [0.2, 0.25) is 0 Å². The Morgan fingerprint density at radius 3 is 2.27 bits per heavy atom. The number of para-hydroxylation sites is 1. The zero-order chi connectivity index (χ0) is 21.1. The van der Waals surface area contributed by atoms with Crippen LogP contribution < -0.4 is 4.74 Å². The third kappa shape index (κ3) is 3.72. The second kappa shape index (κ2) is 8.74. The highest BCUT2D eigenvalue weighted by Gasteiger charge is 2.42. The van der Waals surface area contributed by atoms with Crippen LogP contribution in [0.3, 0.4) is 0 Å². The lowest BCUT2D eigenvalue weighted by Gasteiger charge is -2.34. The first-order valence-corrected chi connectivity index (χ1v) is 10.7. The molecule has 2 aromatic carbocycles. The summed E-state index contributed by atoms with van der Waals surface area (Å²) in [5.41, 5.74) is 3.05. The number of methoxy groups -OCH3 is 1. The SMILES string of the molecule is CCN1C(=O)C(c2ccccc2OC)=C(N2CCC(Cc3ccccc3)CC2)C1=O. The van der Waals surface area contributed by atoms with Crippen LogP contribution in [0, 0.1) is 5.92 Å². The fraction of sp³-hybridized carbons (Fsp3) is 0.360. The van der Waals surface area contributed by atoms with Gasteiger partial charge in [0.25, 0.3) is 11.8 Å². The van der Waals surface area contributed by atoms with Gasteiger partial charge in [-0.25, -0.2) is 0 Å². The molecule has 5 nitrogen and oxygen atoms in total. The third-order valence-corrected chi connectivity index (χ3v) is 6.13. The van der Waals surface area contributed by atoms with E-state index in [0.29, 0.717) is 35.0 Å². The van der Waals surface area contributed by atoms with Gasteiger partial charge in [0.2, 0.25) is 0 Å². The highest BCUT2D eigenvalue weighted by Crippen LogP contribution is 2.37. The molecule has 30 heavy (non-hydrogen) atoms. The lowest BCUT2D eigenvalue weighted by atomic mass is 9.89. The number of carbonyl (C=O) groups is 2. The summed E-state index contributed by atoms with van der Waals surface area (Å²) in [5.74, 6) is 0.787. The molecule has 1 saturated heterocycles. The number of ether oxygens (including phenoxy) is 1. The predicted molar refractivity (Wildman–Crippen MR) is 117 cm³/mol. The summed E-state index contributed by atoms with van der Waals surface area (Å²) < 4.78 is 5.49. The fourth-order valence-electron chi connectivity index (χ4n) is 4.55. The average Bonchev–Trinajstić information content (AvgIpc) is 3.04. The van der Waals surface area contributed by atoms with Crippen molar-refractivity contribution in [2.45, 2.75) is 26.2 Å². The number of carbonyl (C=O) groups excluding carboxylic acids is 2. The Morgan fingerprint density at radius 2 is 1.60 bits per heavy atom. The second-order valence-corrected chi connectivity index (χ2v) is 7.90. The first-order chi connectivity index (χ1) is 14.6. The quantitative estimate of drug-likeness (QED) is 0.688. The second-order valence-electron chi connectivity index (χ2n) is 7.90. The van der Waals surface area contributed by atoms with Crippen LogP contribution in [-0.4, -0.2) is 48.4 Å². The standard InChI is InChI=1S/C25H28N2O3/c1-3-27-24(28)22(20-11-7-8-12-21(20)30-2)23(25(27)29)26-15-13-19(14-16-26)17-18-9-5-4-6-10-18/h4-12,19H,3,13-17H2,1-2H3. The molecule has 2 aromatic rings. The minimum Gasteiger partial charge on any atom is -0.496 e. The van der Waals surface area contributed by atoms with Gasteiger partial charge in [0, 0.05) is 25.2 Å². The first kappa shape index (κ1) is 20.2. The van der Waals surface area contributed by atoms with Crippen molar-refractivity contribution in [1.82, 2.24) is 9.80 Å². The van der Waals surface area contributed by atoms with Crippen LogP contribution in [0.15, 0.2) is 60.3 Å². The molecule has 1 fully saturated rings. The Morgan fingerprint density at radius 1 is 0.933 bits per heavy atom. The smallest absolute Gasteiger partial charge is 0.277 e. The van der Waals surface area contributed by atoms with E-state index < -0.39 is 0 Å². The molecule has 0 saturated carbocycles. The number of nitrogens with zero attached hydrogens (tertiary/aromatic N) is 2. The van der Waals surface area contributed by atoms with Gasteiger partial charge in [0.1, 0.15) is 11.4 Å². The molecule has 2 heterocycles. The van der Waals surface area contributed by atoms with Crippen LogP contribution in [0.25, 0.3) is 5.57 Å². The Kier molecular flexibility index (Phi) is 5.88. The average molecular weight is 405 g/mol. The Hall–Kier alpha value is -3.08. The van der Waals surface area contributed by atoms with Crippen LogP contribution in [0.4, 0.5) is 0 Å². The zero-order valence-electron chi connectivity index (χ0n) is 17.6. The van der Waals surface area contributed by atoms with Crippen molar-refractivity contribution in [3.8, 4) is 5.75 Å². The molecule has 0 aromatic heterocycles. The summed E-state index contributed by atoms with van der Waals surface area (Å²) in [6, 6.07) is 18.0. The van der Waals surface area contributed by atoms with Gasteiger partial charge in [-0.15, -0.1) is 0 Å². The van der Waals surface area contributed by atoms with Crippen LogP contribution >= 0.6 is 0 Å². The van der Waals surface area contributed by atoms with E-state index >= 15 is 0 Å². The normalized spacial score (nSPS) is 17.8. The summed E-state index contributed by atoms with van der Waals surface area (Å²) in [7, 11) is 1.59. The maximum absolute atomic E-state index is 13.2. The lowest BCUT2D eigenvalue weighted by Crippen LogP contribution is -2.39. The van der Waals surface area contributed by atoms with E-state index in [0.717, 1.165) is 32.4 Å².